The molecule has 23 heavy (non-hydrogen) atoms. The molecule has 0 saturated heterocycles. The van der Waals surface area contributed by atoms with Gasteiger partial charge >= 0.3 is 0 Å². The minimum Gasteiger partial charge on any atom is -0.311 e. The normalized spacial score (nSPS) is 10.7. The van der Waals surface area contributed by atoms with E-state index < -0.39 is 0 Å². The lowest BCUT2D eigenvalue weighted by Gasteiger charge is -2.08. The number of hydrogen-bond acceptors (Lipinski definition) is 5. The molecule has 0 aliphatic carbocycles. The third-order valence-corrected chi connectivity index (χ3v) is 3.26. The van der Waals surface area contributed by atoms with E-state index in [1.807, 2.05) is 6.07 Å². The molecule has 0 aliphatic heterocycles. The van der Waals surface area contributed by atoms with Crippen molar-refractivity contribution in [1.29, 1.82) is 0 Å². The highest BCUT2D eigenvalue weighted by molar-refractivity contribution is 5.95. The molecule has 0 fully saturated rings. The summed E-state index contributed by atoms with van der Waals surface area (Å²) in [5.74, 6) is 1.24. The Bertz CT molecular complexity index is 929. The molecule has 0 atom stereocenters. The van der Waals surface area contributed by atoms with Crippen molar-refractivity contribution in [1.82, 2.24) is 19.6 Å². The van der Waals surface area contributed by atoms with Crippen molar-refractivity contribution in [2.24, 2.45) is 0 Å². The maximum absolute atomic E-state index is 11.6. The van der Waals surface area contributed by atoms with E-state index in [9.17, 15) is 9.59 Å². The second kappa shape index (κ2) is 5.60. The lowest BCUT2D eigenvalue weighted by atomic mass is 10.1. The number of aromatic nitrogens is 4. The molecule has 0 saturated carbocycles. The van der Waals surface area contributed by atoms with E-state index in [0.717, 1.165) is 5.56 Å². The van der Waals surface area contributed by atoms with E-state index in [-0.39, 0.29) is 11.7 Å². The lowest BCUT2D eigenvalue weighted by Crippen LogP contribution is -2.10. The van der Waals surface area contributed by atoms with Crippen molar-refractivity contribution >= 4 is 23.2 Å². The van der Waals surface area contributed by atoms with Crippen LogP contribution in [0.2, 0.25) is 0 Å². The van der Waals surface area contributed by atoms with E-state index in [1.54, 1.807) is 35.7 Å². The van der Waals surface area contributed by atoms with Gasteiger partial charge in [0.05, 0.1) is 0 Å². The number of aryl methyl sites for hydroxylation is 1. The standard InChI is InChI=1S/C16H15N5O2/c1-9(22)12-5-4-6-13(7-12)16-19-14(18-11(3)23)8-15-17-10(2)20-21(15)16/h4-8H,1-3H3,(H,18,23). The van der Waals surface area contributed by atoms with Crippen molar-refractivity contribution in [3.63, 3.8) is 0 Å². The number of ketones is 1. The third-order valence-electron chi connectivity index (χ3n) is 3.26. The second-order valence-corrected chi connectivity index (χ2v) is 5.21. The highest BCUT2D eigenvalue weighted by atomic mass is 16.1. The summed E-state index contributed by atoms with van der Waals surface area (Å²) < 4.78 is 1.60. The first-order chi connectivity index (χ1) is 10.9. The smallest absolute Gasteiger partial charge is 0.222 e. The number of fused-ring (bicyclic) bond motifs is 1. The van der Waals surface area contributed by atoms with E-state index >= 15 is 0 Å². The quantitative estimate of drug-likeness (QED) is 0.750. The van der Waals surface area contributed by atoms with E-state index in [2.05, 4.69) is 20.4 Å². The van der Waals surface area contributed by atoms with Crippen LogP contribution in [-0.2, 0) is 4.79 Å². The van der Waals surface area contributed by atoms with Crippen molar-refractivity contribution < 1.29 is 9.59 Å². The summed E-state index contributed by atoms with van der Waals surface area (Å²) >= 11 is 0. The van der Waals surface area contributed by atoms with Crippen molar-refractivity contribution in [2.45, 2.75) is 20.8 Å². The Morgan fingerprint density at radius 3 is 2.61 bits per heavy atom. The molecule has 2 heterocycles. The van der Waals surface area contributed by atoms with Gasteiger partial charge in [-0.05, 0) is 19.9 Å². The van der Waals surface area contributed by atoms with Crippen molar-refractivity contribution in [2.75, 3.05) is 5.32 Å². The molecule has 0 aliphatic rings. The van der Waals surface area contributed by atoms with Gasteiger partial charge in [-0.3, -0.25) is 9.59 Å². The van der Waals surface area contributed by atoms with Crippen LogP contribution in [0.4, 0.5) is 5.82 Å². The molecule has 3 rings (SSSR count). The average Bonchev–Trinajstić information content (AvgIpc) is 2.86. The molecule has 1 amide bonds. The van der Waals surface area contributed by atoms with Crippen LogP contribution < -0.4 is 5.32 Å². The highest BCUT2D eigenvalue weighted by Gasteiger charge is 2.13. The number of Topliss-reactive ketones (excluding diaryl/α,β-unsaturated/α-hetero) is 1. The number of anilines is 1. The molecule has 1 aromatic carbocycles. The number of rotatable bonds is 3. The van der Waals surface area contributed by atoms with Gasteiger partial charge < -0.3 is 5.32 Å². The van der Waals surface area contributed by atoms with Gasteiger partial charge in [-0.25, -0.2) is 9.97 Å². The SMILES string of the molecule is CC(=O)Nc1cc2nc(C)nn2c(-c2cccc(C(C)=O)c2)n1. The van der Waals surface area contributed by atoms with Gasteiger partial charge in [0, 0.05) is 24.1 Å². The molecule has 7 nitrogen and oxygen atoms in total. The van der Waals surface area contributed by atoms with Gasteiger partial charge in [-0.15, -0.1) is 5.10 Å². The lowest BCUT2D eigenvalue weighted by molar-refractivity contribution is -0.114. The Morgan fingerprint density at radius 1 is 1.13 bits per heavy atom. The van der Waals surface area contributed by atoms with Crippen molar-refractivity contribution in [3.8, 4) is 11.4 Å². The molecule has 7 heteroatoms. The van der Waals surface area contributed by atoms with E-state index in [4.69, 9.17) is 0 Å². The Kier molecular flexibility index (Phi) is 3.61. The summed E-state index contributed by atoms with van der Waals surface area (Å²) in [6.07, 6.45) is 0. The Balaban J connectivity index is 2.24. The largest absolute Gasteiger partial charge is 0.311 e. The minimum atomic E-state index is -0.221. The van der Waals surface area contributed by atoms with Crippen LogP contribution in [0.1, 0.15) is 30.0 Å². The number of nitrogens with one attached hydrogen (secondary N) is 1. The topological polar surface area (TPSA) is 89.3 Å². The molecular weight excluding hydrogens is 294 g/mol. The van der Waals surface area contributed by atoms with Gasteiger partial charge in [-0.1, -0.05) is 18.2 Å². The van der Waals surface area contributed by atoms with Crippen LogP contribution in [-0.4, -0.2) is 31.3 Å². The number of nitrogens with zero attached hydrogens (tertiary/aromatic N) is 4. The summed E-state index contributed by atoms with van der Waals surface area (Å²) in [4.78, 5) is 31.7. The summed E-state index contributed by atoms with van der Waals surface area (Å²) in [6, 6.07) is 8.77. The molecule has 2 aromatic heterocycles. The highest BCUT2D eigenvalue weighted by Crippen LogP contribution is 2.22. The molecule has 3 aromatic rings. The summed E-state index contributed by atoms with van der Waals surface area (Å²) in [6.45, 7) is 4.70. The first kappa shape index (κ1) is 14.8. The van der Waals surface area contributed by atoms with Gasteiger partial charge in [0.2, 0.25) is 5.91 Å². The molecule has 1 N–H and O–H groups in total. The predicted octanol–water partition coefficient (Wildman–Crippen LogP) is 2.26. The fourth-order valence-electron chi connectivity index (χ4n) is 2.31. The summed E-state index contributed by atoms with van der Waals surface area (Å²) in [5.41, 5.74) is 1.88. The molecular formula is C16H15N5O2. The van der Waals surface area contributed by atoms with Gasteiger partial charge in [0.25, 0.3) is 0 Å². The third kappa shape index (κ3) is 2.94. The summed E-state index contributed by atoms with van der Waals surface area (Å²) in [5, 5.41) is 6.99. The minimum absolute atomic E-state index is 0.0316. The van der Waals surface area contributed by atoms with Crippen molar-refractivity contribution in [3.05, 3.63) is 41.7 Å². The fraction of sp³-hybridized carbons (Fsp3) is 0.188. The van der Waals surface area contributed by atoms with Gasteiger partial charge in [0.15, 0.2) is 17.3 Å². The maximum Gasteiger partial charge on any atom is 0.222 e. The fourth-order valence-corrected chi connectivity index (χ4v) is 2.31. The average molecular weight is 309 g/mol. The van der Waals surface area contributed by atoms with Gasteiger partial charge in [-0.2, -0.15) is 4.52 Å². The van der Waals surface area contributed by atoms with Crippen LogP contribution in [0.3, 0.4) is 0 Å². The van der Waals surface area contributed by atoms with Gasteiger partial charge in [0.1, 0.15) is 11.6 Å². The molecule has 0 spiro atoms. The first-order valence-corrected chi connectivity index (χ1v) is 7.07. The maximum atomic E-state index is 11.6. The zero-order valence-electron chi connectivity index (χ0n) is 13.0. The summed E-state index contributed by atoms with van der Waals surface area (Å²) in [7, 11) is 0. The molecule has 0 radical (unpaired) electrons. The monoisotopic (exact) mass is 309 g/mol. The Labute approximate surface area is 132 Å². The van der Waals surface area contributed by atoms with Crippen LogP contribution >= 0.6 is 0 Å². The molecule has 116 valence electrons. The Hall–Kier alpha value is -3.09. The second-order valence-electron chi connectivity index (χ2n) is 5.21. The molecule has 0 bridgehead atoms. The number of carbonyl (C=O) groups excluding carboxylic acids is 2. The number of amides is 1. The number of benzene rings is 1. The zero-order valence-corrected chi connectivity index (χ0v) is 13.0. The van der Waals surface area contributed by atoms with E-state index in [1.165, 1.54) is 13.8 Å². The molecule has 0 unspecified atom stereocenters. The first-order valence-electron chi connectivity index (χ1n) is 7.07. The van der Waals surface area contributed by atoms with Crippen LogP contribution in [0.5, 0.6) is 0 Å². The van der Waals surface area contributed by atoms with E-state index in [0.29, 0.717) is 28.7 Å². The van der Waals surface area contributed by atoms with Crippen LogP contribution in [0, 0.1) is 6.92 Å². The Morgan fingerprint density at radius 2 is 1.91 bits per heavy atom. The number of carbonyl (C=O) groups is 2. The number of hydrogen-bond donors (Lipinski definition) is 1. The zero-order chi connectivity index (χ0) is 16.6. The van der Waals surface area contributed by atoms with Crippen LogP contribution in [0.25, 0.3) is 17.0 Å². The van der Waals surface area contributed by atoms with Crippen LogP contribution in [0.15, 0.2) is 30.3 Å². The predicted molar refractivity (Wildman–Crippen MR) is 85.3 cm³/mol.